The van der Waals surface area contributed by atoms with Crippen LogP contribution >= 0.6 is 0 Å². The summed E-state index contributed by atoms with van der Waals surface area (Å²) < 4.78 is 4.86. The van der Waals surface area contributed by atoms with E-state index in [1.54, 1.807) is 20.4 Å². The monoisotopic (exact) mass is 183 g/mol. The van der Waals surface area contributed by atoms with Gasteiger partial charge < -0.3 is 10.1 Å². The molecule has 0 saturated heterocycles. The highest BCUT2D eigenvalue weighted by molar-refractivity contribution is 5.23. The summed E-state index contributed by atoms with van der Waals surface area (Å²) in [6.07, 6.45) is 2.15. The van der Waals surface area contributed by atoms with E-state index in [0.717, 1.165) is 0 Å². The second kappa shape index (κ2) is 4.61. The molecule has 5 heteroatoms. The SMILES string of the molecule is CNc1ncc(CCOC)c(=O)[nH]1. The number of H-pyrrole nitrogens is 1. The van der Waals surface area contributed by atoms with Crippen LogP contribution in [0.2, 0.25) is 0 Å². The van der Waals surface area contributed by atoms with Crippen LogP contribution in [0.25, 0.3) is 0 Å². The third kappa shape index (κ3) is 2.55. The standard InChI is InChI=1S/C8H13N3O2/c1-9-8-10-5-6(3-4-13-2)7(12)11-8/h5H,3-4H2,1-2H3,(H2,9,10,11,12). The van der Waals surface area contributed by atoms with Gasteiger partial charge in [-0.15, -0.1) is 0 Å². The van der Waals surface area contributed by atoms with Crippen LogP contribution in [0.4, 0.5) is 5.95 Å². The van der Waals surface area contributed by atoms with Gasteiger partial charge in [0.2, 0.25) is 5.95 Å². The van der Waals surface area contributed by atoms with E-state index in [4.69, 9.17) is 4.74 Å². The Morgan fingerprint density at radius 1 is 1.69 bits per heavy atom. The van der Waals surface area contributed by atoms with Gasteiger partial charge in [-0.3, -0.25) is 9.78 Å². The summed E-state index contributed by atoms with van der Waals surface area (Å²) in [6.45, 7) is 0.531. The first-order chi connectivity index (χ1) is 6.27. The molecule has 0 aliphatic carbocycles. The van der Waals surface area contributed by atoms with E-state index in [1.165, 1.54) is 0 Å². The molecule has 0 saturated carbocycles. The first-order valence-corrected chi connectivity index (χ1v) is 4.03. The van der Waals surface area contributed by atoms with Crippen LogP contribution < -0.4 is 10.9 Å². The Morgan fingerprint density at radius 3 is 3.00 bits per heavy atom. The van der Waals surface area contributed by atoms with Crippen LogP contribution in [-0.4, -0.2) is 30.7 Å². The van der Waals surface area contributed by atoms with Gasteiger partial charge in [0.25, 0.3) is 5.56 Å². The van der Waals surface area contributed by atoms with Crippen molar-refractivity contribution in [2.45, 2.75) is 6.42 Å². The van der Waals surface area contributed by atoms with Crippen molar-refractivity contribution in [1.82, 2.24) is 9.97 Å². The molecule has 0 aliphatic rings. The van der Waals surface area contributed by atoms with E-state index in [-0.39, 0.29) is 5.56 Å². The smallest absolute Gasteiger partial charge is 0.255 e. The zero-order valence-electron chi connectivity index (χ0n) is 7.76. The lowest BCUT2D eigenvalue weighted by Crippen LogP contribution is -2.16. The maximum Gasteiger partial charge on any atom is 0.255 e. The second-order valence-electron chi connectivity index (χ2n) is 2.58. The predicted octanol–water partition coefficient (Wildman–Crippen LogP) is 0.000500. The lowest BCUT2D eigenvalue weighted by atomic mass is 10.2. The zero-order chi connectivity index (χ0) is 9.68. The Bertz CT molecular complexity index is 321. The second-order valence-corrected chi connectivity index (χ2v) is 2.58. The summed E-state index contributed by atoms with van der Waals surface area (Å²) in [5.41, 5.74) is 0.525. The summed E-state index contributed by atoms with van der Waals surface area (Å²) in [5, 5.41) is 2.75. The Morgan fingerprint density at radius 2 is 2.46 bits per heavy atom. The maximum absolute atomic E-state index is 11.3. The highest BCUT2D eigenvalue weighted by Gasteiger charge is 2.00. The van der Waals surface area contributed by atoms with Crippen LogP contribution in [0.3, 0.4) is 0 Å². The Labute approximate surface area is 76.2 Å². The molecule has 0 amide bonds. The largest absolute Gasteiger partial charge is 0.384 e. The van der Waals surface area contributed by atoms with Crippen molar-refractivity contribution < 1.29 is 4.74 Å². The van der Waals surface area contributed by atoms with Crippen molar-refractivity contribution in [2.24, 2.45) is 0 Å². The van der Waals surface area contributed by atoms with Gasteiger partial charge in [-0.2, -0.15) is 0 Å². The molecule has 0 unspecified atom stereocenters. The fraction of sp³-hybridized carbons (Fsp3) is 0.500. The van der Waals surface area contributed by atoms with Crippen molar-refractivity contribution in [2.75, 3.05) is 26.1 Å². The van der Waals surface area contributed by atoms with Gasteiger partial charge in [0, 0.05) is 32.3 Å². The summed E-state index contributed by atoms with van der Waals surface area (Å²) >= 11 is 0. The number of hydrogen-bond donors (Lipinski definition) is 2. The van der Waals surface area contributed by atoms with Gasteiger partial charge in [-0.25, -0.2) is 4.98 Å². The number of anilines is 1. The highest BCUT2D eigenvalue weighted by atomic mass is 16.5. The molecule has 1 rings (SSSR count). The molecule has 5 nitrogen and oxygen atoms in total. The number of methoxy groups -OCH3 is 1. The summed E-state index contributed by atoms with van der Waals surface area (Å²) in [6, 6.07) is 0. The minimum absolute atomic E-state index is 0.114. The van der Waals surface area contributed by atoms with Crippen LogP contribution in [-0.2, 0) is 11.2 Å². The van der Waals surface area contributed by atoms with Crippen LogP contribution in [0.1, 0.15) is 5.56 Å². The summed E-state index contributed by atoms with van der Waals surface area (Å²) in [7, 11) is 3.30. The quantitative estimate of drug-likeness (QED) is 0.689. The molecule has 0 spiro atoms. The Balaban J connectivity index is 2.80. The van der Waals surface area contributed by atoms with Gasteiger partial charge in [-0.05, 0) is 0 Å². The molecule has 0 radical (unpaired) electrons. The predicted molar refractivity (Wildman–Crippen MR) is 50.0 cm³/mol. The number of hydrogen-bond acceptors (Lipinski definition) is 4. The molecule has 0 fully saturated rings. The minimum atomic E-state index is -0.114. The number of rotatable bonds is 4. The van der Waals surface area contributed by atoms with Crippen molar-refractivity contribution in [3.63, 3.8) is 0 Å². The van der Waals surface area contributed by atoms with Crippen LogP contribution in [0.15, 0.2) is 11.0 Å². The average molecular weight is 183 g/mol. The molecule has 0 aromatic carbocycles. The number of aromatic amines is 1. The van der Waals surface area contributed by atoms with Crippen molar-refractivity contribution in [1.29, 1.82) is 0 Å². The van der Waals surface area contributed by atoms with Gasteiger partial charge in [-0.1, -0.05) is 0 Å². The van der Waals surface area contributed by atoms with Gasteiger partial charge >= 0.3 is 0 Å². The summed E-state index contributed by atoms with van der Waals surface area (Å²) in [4.78, 5) is 17.9. The molecule has 1 aromatic rings. The van der Waals surface area contributed by atoms with E-state index in [9.17, 15) is 4.79 Å². The normalized spacial score (nSPS) is 10.0. The molecule has 0 bridgehead atoms. The highest BCUT2D eigenvalue weighted by Crippen LogP contribution is 1.94. The Hall–Kier alpha value is -1.36. The fourth-order valence-corrected chi connectivity index (χ4v) is 0.938. The lowest BCUT2D eigenvalue weighted by Gasteiger charge is -2.01. The topological polar surface area (TPSA) is 67.0 Å². The molecule has 72 valence electrons. The van der Waals surface area contributed by atoms with E-state index < -0.39 is 0 Å². The zero-order valence-corrected chi connectivity index (χ0v) is 7.76. The van der Waals surface area contributed by atoms with Gasteiger partial charge in [0.1, 0.15) is 0 Å². The number of nitrogens with one attached hydrogen (secondary N) is 2. The molecular formula is C8H13N3O2. The first kappa shape index (κ1) is 9.73. The van der Waals surface area contributed by atoms with Gasteiger partial charge in [0.15, 0.2) is 0 Å². The van der Waals surface area contributed by atoms with E-state index in [1.807, 2.05) is 0 Å². The van der Waals surface area contributed by atoms with Crippen molar-refractivity contribution in [3.8, 4) is 0 Å². The van der Waals surface area contributed by atoms with Crippen molar-refractivity contribution in [3.05, 3.63) is 22.1 Å². The van der Waals surface area contributed by atoms with E-state index in [2.05, 4.69) is 15.3 Å². The Kier molecular flexibility index (Phi) is 3.45. The number of nitrogens with zero attached hydrogens (tertiary/aromatic N) is 1. The lowest BCUT2D eigenvalue weighted by molar-refractivity contribution is 0.202. The van der Waals surface area contributed by atoms with Crippen molar-refractivity contribution >= 4 is 5.95 Å². The molecule has 1 heterocycles. The first-order valence-electron chi connectivity index (χ1n) is 4.03. The molecule has 0 atom stereocenters. The number of ether oxygens (including phenoxy) is 1. The van der Waals surface area contributed by atoms with E-state index in [0.29, 0.717) is 24.5 Å². The number of aromatic nitrogens is 2. The maximum atomic E-state index is 11.3. The third-order valence-corrected chi connectivity index (χ3v) is 1.69. The average Bonchev–Trinajstić information content (AvgIpc) is 2.16. The summed E-state index contributed by atoms with van der Waals surface area (Å²) in [5.74, 6) is 0.478. The molecule has 2 N–H and O–H groups in total. The molecule has 1 aromatic heterocycles. The third-order valence-electron chi connectivity index (χ3n) is 1.69. The minimum Gasteiger partial charge on any atom is -0.384 e. The van der Waals surface area contributed by atoms with Crippen LogP contribution in [0, 0.1) is 0 Å². The molecule has 13 heavy (non-hydrogen) atoms. The fourth-order valence-electron chi connectivity index (χ4n) is 0.938. The molecule has 0 aliphatic heterocycles. The van der Waals surface area contributed by atoms with Gasteiger partial charge in [0.05, 0.1) is 6.61 Å². The van der Waals surface area contributed by atoms with Crippen LogP contribution in [0.5, 0.6) is 0 Å². The van der Waals surface area contributed by atoms with E-state index >= 15 is 0 Å². The molecular weight excluding hydrogens is 170 g/mol.